The van der Waals surface area contributed by atoms with Crippen molar-refractivity contribution in [3.63, 3.8) is 0 Å². The number of hydrogen-bond donors (Lipinski definition) is 0. The number of alkyl halides is 3. The maximum atomic E-state index is 12.9. The van der Waals surface area contributed by atoms with E-state index in [0.717, 1.165) is 15.8 Å². The average molecular weight is 452 g/mol. The number of benzene rings is 2. The van der Waals surface area contributed by atoms with Gasteiger partial charge in [0.25, 0.3) is 5.91 Å². The Balaban J connectivity index is 1.57. The van der Waals surface area contributed by atoms with Crippen molar-refractivity contribution in [2.24, 2.45) is 0 Å². The number of hydrogen-bond acceptors (Lipinski definition) is 4. The highest BCUT2D eigenvalue weighted by atomic mass is 35.5. The van der Waals surface area contributed by atoms with Gasteiger partial charge >= 0.3 is 11.5 Å². The van der Waals surface area contributed by atoms with Gasteiger partial charge in [-0.25, -0.2) is 14.7 Å². The molecular formula is C20H13ClF3N3O2S. The molecule has 0 atom stereocenters. The van der Waals surface area contributed by atoms with Crippen LogP contribution in [0.25, 0.3) is 10.9 Å². The Morgan fingerprint density at radius 2 is 1.77 bits per heavy atom. The van der Waals surface area contributed by atoms with Crippen LogP contribution in [0, 0.1) is 0 Å². The normalized spacial score (nSPS) is 14.8. The highest BCUT2D eigenvalue weighted by Gasteiger charge is 2.37. The maximum Gasteiger partial charge on any atom is 0.446 e. The summed E-state index contributed by atoms with van der Waals surface area (Å²) in [7, 11) is 0. The van der Waals surface area contributed by atoms with Crippen molar-refractivity contribution in [1.82, 2.24) is 9.88 Å². The summed E-state index contributed by atoms with van der Waals surface area (Å²) in [6.45, 7) is -0.00199. The highest BCUT2D eigenvalue weighted by molar-refractivity contribution is 8.00. The quantitative estimate of drug-likeness (QED) is 0.300. The number of imide groups is 1. The third-order valence-electron chi connectivity index (χ3n) is 4.50. The third kappa shape index (κ3) is 4.22. The molecule has 30 heavy (non-hydrogen) atoms. The molecule has 0 bridgehead atoms. The monoisotopic (exact) mass is 451 g/mol. The van der Waals surface area contributed by atoms with Crippen LogP contribution in [0.2, 0.25) is 5.15 Å². The number of aromatic nitrogens is 1. The lowest BCUT2D eigenvalue weighted by molar-refractivity contribution is -0.116. The first-order valence-electron chi connectivity index (χ1n) is 8.73. The fourth-order valence-electron chi connectivity index (χ4n) is 3.27. The lowest BCUT2D eigenvalue weighted by atomic mass is 10.1. The van der Waals surface area contributed by atoms with E-state index in [1.54, 1.807) is 12.1 Å². The minimum atomic E-state index is -4.41. The Morgan fingerprint density at radius 1 is 1.07 bits per heavy atom. The molecule has 0 saturated carbocycles. The molecule has 1 aromatic heterocycles. The van der Waals surface area contributed by atoms with E-state index in [9.17, 15) is 22.8 Å². The van der Waals surface area contributed by atoms with E-state index < -0.39 is 17.4 Å². The summed E-state index contributed by atoms with van der Waals surface area (Å²) < 4.78 is 37.5. The van der Waals surface area contributed by atoms with Crippen LogP contribution < -0.4 is 4.90 Å². The minimum absolute atomic E-state index is 0.0277. The number of nitrogens with zero attached hydrogens (tertiary/aromatic N) is 3. The number of pyridine rings is 1. The van der Waals surface area contributed by atoms with Gasteiger partial charge in [-0.3, -0.25) is 4.79 Å². The first kappa shape index (κ1) is 20.5. The van der Waals surface area contributed by atoms with Crippen molar-refractivity contribution in [3.8, 4) is 0 Å². The van der Waals surface area contributed by atoms with Crippen LogP contribution in [0.5, 0.6) is 0 Å². The van der Waals surface area contributed by atoms with Crippen molar-refractivity contribution >= 4 is 51.9 Å². The minimum Gasteiger partial charge on any atom is -0.310 e. The van der Waals surface area contributed by atoms with Crippen LogP contribution in [0.1, 0.15) is 5.56 Å². The summed E-state index contributed by atoms with van der Waals surface area (Å²) >= 11 is 5.83. The van der Waals surface area contributed by atoms with Gasteiger partial charge in [0.2, 0.25) is 0 Å². The van der Waals surface area contributed by atoms with Gasteiger partial charge in [-0.15, -0.1) is 0 Å². The summed E-state index contributed by atoms with van der Waals surface area (Å²) in [6.07, 6.45) is 0. The number of fused-ring (bicyclic) bond motifs is 1. The van der Waals surface area contributed by atoms with E-state index >= 15 is 0 Å². The van der Waals surface area contributed by atoms with Gasteiger partial charge in [-0.1, -0.05) is 29.8 Å². The van der Waals surface area contributed by atoms with Gasteiger partial charge < -0.3 is 4.90 Å². The van der Waals surface area contributed by atoms with Crippen LogP contribution in [-0.2, 0) is 11.3 Å². The molecule has 2 heterocycles. The van der Waals surface area contributed by atoms with E-state index in [0.29, 0.717) is 5.52 Å². The predicted octanol–water partition coefficient (Wildman–Crippen LogP) is 5.47. The molecule has 1 fully saturated rings. The fourth-order valence-corrected chi connectivity index (χ4v) is 4.03. The molecule has 0 N–H and O–H groups in total. The SMILES string of the molecule is O=C1CN(Cc2cc(Cl)nc3ccccc23)C(=O)N1c1ccc(SC(F)(F)F)cc1. The molecule has 0 spiro atoms. The lowest BCUT2D eigenvalue weighted by Crippen LogP contribution is -2.32. The van der Waals surface area contributed by atoms with Gasteiger partial charge in [0.05, 0.1) is 11.2 Å². The Kier molecular flexibility index (Phi) is 5.33. The van der Waals surface area contributed by atoms with Crippen LogP contribution in [0.15, 0.2) is 59.5 Å². The predicted molar refractivity (Wildman–Crippen MR) is 108 cm³/mol. The molecule has 1 saturated heterocycles. The molecule has 1 aliphatic heterocycles. The fraction of sp³-hybridized carbons (Fsp3) is 0.150. The zero-order valence-corrected chi connectivity index (χ0v) is 16.8. The van der Waals surface area contributed by atoms with Gasteiger partial charge in [-0.05, 0) is 53.7 Å². The molecular weight excluding hydrogens is 439 g/mol. The molecule has 0 aliphatic carbocycles. The molecule has 10 heteroatoms. The number of carbonyl (C=O) groups is 2. The van der Waals surface area contributed by atoms with Crippen molar-refractivity contribution < 1.29 is 22.8 Å². The molecule has 3 amide bonds. The number of anilines is 1. The maximum absolute atomic E-state index is 12.9. The van der Waals surface area contributed by atoms with Crippen molar-refractivity contribution in [2.75, 3.05) is 11.4 Å². The summed E-state index contributed by atoms with van der Waals surface area (Å²) in [5.41, 5.74) is -2.78. The number of thioether (sulfide) groups is 1. The molecule has 3 aromatic rings. The molecule has 4 rings (SSSR count). The molecule has 0 unspecified atom stereocenters. The van der Waals surface area contributed by atoms with Crippen LogP contribution in [0.3, 0.4) is 0 Å². The molecule has 0 radical (unpaired) electrons. The number of carbonyl (C=O) groups excluding carboxylic acids is 2. The summed E-state index contributed by atoms with van der Waals surface area (Å²) in [6, 6.07) is 13.5. The second-order valence-electron chi connectivity index (χ2n) is 6.53. The average Bonchev–Trinajstić information content (AvgIpc) is 2.94. The van der Waals surface area contributed by atoms with E-state index in [2.05, 4.69) is 4.98 Å². The second kappa shape index (κ2) is 7.81. The summed E-state index contributed by atoms with van der Waals surface area (Å²) in [4.78, 5) is 31.9. The number of halogens is 4. The molecule has 5 nitrogen and oxygen atoms in total. The second-order valence-corrected chi connectivity index (χ2v) is 8.06. The lowest BCUT2D eigenvalue weighted by Gasteiger charge is -2.18. The topological polar surface area (TPSA) is 53.5 Å². The van der Waals surface area contributed by atoms with Gasteiger partial charge in [0.15, 0.2) is 0 Å². The summed E-state index contributed by atoms with van der Waals surface area (Å²) in [5, 5.41) is 1.09. The number of urea groups is 1. The smallest absolute Gasteiger partial charge is 0.310 e. The highest BCUT2D eigenvalue weighted by Crippen LogP contribution is 2.37. The number of amides is 3. The van der Waals surface area contributed by atoms with Crippen molar-refractivity contribution in [2.45, 2.75) is 16.9 Å². The van der Waals surface area contributed by atoms with E-state index in [4.69, 9.17) is 11.6 Å². The Labute approximate surface area is 178 Å². The molecule has 154 valence electrons. The van der Waals surface area contributed by atoms with Crippen LogP contribution in [0.4, 0.5) is 23.7 Å². The Hall–Kier alpha value is -2.78. The zero-order chi connectivity index (χ0) is 21.5. The zero-order valence-electron chi connectivity index (χ0n) is 15.2. The Morgan fingerprint density at radius 3 is 2.47 bits per heavy atom. The van der Waals surface area contributed by atoms with Crippen molar-refractivity contribution in [3.05, 3.63) is 65.3 Å². The van der Waals surface area contributed by atoms with Crippen LogP contribution in [-0.4, -0.2) is 33.9 Å². The van der Waals surface area contributed by atoms with Crippen molar-refractivity contribution in [1.29, 1.82) is 0 Å². The number of para-hydroxylation sites is 1. The van der Waals surface area contributed by atoms with Gasteiger partial charge in [-0.2, -0.15) is 13.2 Å². The first-order valence-corrected chi connectivity index (χ1v) is 9.92. The van der Waals surface area contributed by atoms with Crippen LogP contribution >= 0.6 is 23.4 Å². The number of rotatable bonds is 4. The van der Waals surface area contributed by atoms with E-state index in [-0.39, 0.29) is 40.6 Å². The van der Waals surface area contributed by atoms with E-state index in [1.807, 2.05) is 18.2 Å². The largest absolute Gasteiger partial charge is 0.446 e. The third-order valence-corrected chi connectivity index (χ3v) is 5.43. The Bertz CT molecular complexity index is 1140. The van der Waals surface area contributed by atoms with E-state index in [1.165, 1.54) is 29.2 Å². The standard InChI is InChI=1S/C20H13ClF3N3O2S/c21-17-9-12(15-3-1-2-4-16(15)25-17)10-26-11-18(28)27(19(26)29)13-5-7-14(8-6-13)30-20(22,23)24/h1-9H,10-11H2. The molecule has 2 aromatic carbocycles. The summed E-state index contributed by atoms with van der Waals surface area (Å²) in [5.74, 6) is -0.458. The molecule has 1 aliphatic rings. The van der Waals surface area contributed by atoms with Gasteiger partial charge in [0.1, 0.15) is 11.7 Å². The van der Waals surface area contributed by atoms with Gasteiger partial charge in [0, 0.05) is 16.8 Å². The first-order chi connectivity index (χ1) is 14.2.